The van der Waals surface area contributed by atoms with Gasteiger partial charge in [0, 0.05) is 6.54 Å². The van der Waals surface area contributed by atoms with Gasteiger partial charge in [-0.1, -0.05) is 0 Å². The zero-order valence-corrected chi connectivity index (χ0v) is 6.64. The zero-order chi connectivity index (χ0) is 9.72. The van der Waals surface area contributed by atoms with Crippen molar-refractivity contribution in [3.63, 3.8) is 0 Å². The van der Waals surface area contributed by atoms with Gasteiger partial charge in [-0.25, -0.2) is 13.2 Å². The van der Waals surface area contributed by atoms with Crippen molar-refractivity contribution < 1.29 is 18.0 Å². The van der Waals surface area contributed by atoms with Crippen molar-refractivity contribution in [2.45, 2.75) is 19.6 Å². The van der Waals surface area contributed by atoms with Gasteiger partial charge in [-0.15, -0.1) is 0 Å². The van der Waals surface area contributed by atoms with Gasteiger partial charge in [-0.3, -0.25) is 4.79 Å². The summed E-state index contributed by atoms with van der Waals surface area (Å²) in [7, 11) is 0. The number of hydrogen-bond acceptors (Lipinski definition) is 2. The quantitative estimate of drug-likeness (QED) is 0.641. The van der Waals surface area contributed by atoms with Gasteiger partial charge in [0.1, 0.15) is 0 Å². The molecule has 0 bridgehead atoms. The topological polar surface area (TPSA) is 46.3 Å². The average molecular weight is 184 g/mol. The van der Waals surface area contributed by atoms with Crippen LogP contribution in [-0.2, 0) is 4.79 Å². The molecule has 1 atom stereocenters. The number of carbonyl (C=O) groups is 1. The fraction of sp³-hybridized carbons (Fsp3) is 0.833. The van der Waals surface area contributed by atoms with Crippen LogP contribution in [0.5, 0.6) is 0 Å². The van der Waals surface area contributed by atoms with Gasteiger partial charge in [0.05, 0.1) is 6.54 Å². The second-order valence-corrected chi connectivity index (χ2v) is 2.09. The highest BCUT2D eigenvalue weighted by Gasteiger charge is 2.28. The van der Waals surface area contributed by atoms with Crippen LogP contribution in [-0.4, -0.2) is 36.6 Å². The van der Waals surface area contributed by atoms with Crippen LogP contribution in [0.15, 0.2) is 0 Å². The van der Waals surface area contributed by atoms with Crippen LogP contribution in [0, 0.1) is 0 Å². The summed E-state index contributed by atoms with van der Waals surface area (Å²) in [6, 6.07) is 0. The first kappa shape index (κ1) is 11.2. The van der Waals surface area contributed by atoms with Crippen molar-refractivity contribution in [3.8, 4) is 0 Å². The van der Waals surface area contributed by atoms with Crippen LogP contribution < -0.4 is 5.73 Å². The molecule has 0 aromatic carbocycles. The molecule has 0 saturated heterocycles. The molecule has 6 heteroatoms. The third kappa shape index (κ3) is 2.69. The molecule has 0 aliphatic heterocycles. The summed E-state index contributed by atoms with van der Waals surface area (Å²) in [5.74, 6) is -0.815. The van der Waals surface area contributed by atoms with Gasteiger partial charge in [0.25, 0.3) is 6.43 Å². The predicted octanol–water partition coefficient (Wildman–Crippen LogP) is 0.354. The van der Waals surface area contributed by atoms with Gasteiger partial charge in [0.2, 0.25) is 12.2 Å². The lowest BCUT2D eigenvalue weighted by Crippen LogP contribution is -2.44. The molecule has 0 heterocycles. The highest BCUT2D eigenvalue weighted by Crippen LogP contribution is 2.10. The molecule has 1 unspecified atom stereocenters. The highest BCUT2D eigenvalue weighted by atomic mass is 19.3. The van der Waals surface area contributed by atoms with E-state index in [1.54, 1.807) is 0 Å². The summed E-state index contributed by atoms with van der Waals surface area (Å²) in [5.41, 5.74) is 4.88. The molecule has 72 valence electrons. The molecule has 1 amide bonds. The maximum absolute atomic E-state index is 12.5. The number of halogens is 3. The van der Waals surface area contributed by atoms with Crippen molar-refractivity contribution in [1.82, 2.24) is 4.90 Å². The lowest BCUT2D eigenvalue weighted by Gasteiger charge is -2.23. The van der Waals surface area contributed by atoms with Crippen LogP contribution in [0.1, 0.15) is 6.92 Å². The van der Waals surface area contributed by atoms with Crippen molar-refractivity contribution in [1.29, 1.82) is 0 Å². The molecule has 0 aliphatic carbocycles. The SMILES string of the molecule is CCN(C(=O)CN)C(F)C(F)F. The molecule has 0 rings (SSSR count). The predicted molar refractivity (Wildman–Crippen MR) is 37.3 cm³/mol. The van der Waals surface area contributed by atoms with E-state index in [9.17, 15) is 18.0 Å². The number of alkyl halides is 3. The Morgan fingerprint density at radius 3 is 2.25 bits per heavy atom. The molecule has 0 fully saturated rings. The minimum Gasteiger partial charge on any atom is -0.322 e. The van der Waals surface area contributed by atoms with Crippen molar-refractivity contribution in [2.75, 3.05) is 13.1 Å². The molecule has 0 saturated carbocycles. The van der Waals surface area contributed by atoms with E-state index in [0.717, 1.165) is 0 Å². The van der Waals surface area contributed by atoms with Gasteiger partial charge in [-0.05, 0) is 6.92 Å². The Balaban J connectivity index is 4.23. The molecule has 0 radical (unpaired) electrons. The minimum atomic E-state index is -3.18. The van der Waals surface area contributed by atoms with E-state index in [4.69, 9.17) is 5.73 Å². The Morgan fingerprint density at radius 2 is 2.00 bits per heavy atom. The first-order valence-electron chi connectivity index (χ1n) is 3.46. The van der Waals surface area contributed by atoms with Gasteiger partial charge >= 0.3 is 0 Å². The molecule has 0 aromatic heterocycles. The fourth-order valence-electron chi connectivity index (χ4n) is 0.742. The van der Waals surface area contributed by atoms with E-state index in [1.807, 2.05) is 0 Å². The number of carbonyl (C=O) groups excluding carboxylic acids is 1. The number of amides is 1. The molecular weight excluding hydrogens is 173 g/mol. The largest absolute Gasteiger partial charge is 0.322 e. The van der Waals surface area contributed by atoms with E-state index in [2.05, 4.69) is 0 Å². The number of hydrogen-bond donors (Lipinski definition) is 1. The molecule has 0 aromatic rings. The fourth-order valence-corrected chi connectivity index (χ4v) is 0.742. The normalized spacial score (nSPS) is 13.2. The smallest absolute Gasteiger partial charge is 0.287 e. The molecule has 0 spiro atoms. The van der Waals surface area contributed by atoms with Crippen molar-refractivity contribution in [2.24, 2.45) is 5.73 Å². The molecule has 3 nitrogen and oxygen atoms in total. The lowest BCUT2D eigenvalue weighted by atomic mass is 10.4. The Labute approximate surface area is 68.3 Å². The second kappa shape index (κ2) is 4.97. The lowest BCUT2D eigenvalue weighted by molar-refractivity contribution is -0.142. The number of rotatable bonds is 4. The summed E-state index contributed by atoms with van der Waals surface area (Å²) in [6.45, 7) is 0.838. The van der Waals surface area contributed by atoms with Crippen LogP contribution in [0.4, 0.5) is 13.2 Å². The van der Waals surface area contributed by atoms with Gasteiger partial charge < -0.3 is 10.6 Å². The van der Waals surface area contributed by atoms with Crippen LogP contribution >= 0.6 is 0 Å². The first-order chi connectivity index (χ1) is 5.54. The summed E-state index contributed by atoms with van der Waals surface area (Å²) in [6.07, 6.45) is -5.73. The van der Waals surface area contributed by atoms with Gasteiger partial charge in [-0.2, -0.15) is 0 Å². The van der Waals surface area contributed by atoms with Crippen molar-refractivity contribution >= 4 is 5.91 Å². The van der Waals surface area contributed by atoms with E-state index in [1.165, 1.54) is 6.92 Å². The van der Waals surface area contributed by atoms with Crippen LogP contribution in [0.2, 0.25) is 0 Å². The molecule has 12 heavy (non-hydrogen) atoms. The molecule has 0 aliphatic rings. The number of nitrogens with zero attached hydrogens (tertiary/aromatic N) is 1. The van der Waals surface area contributed by atoms with Crippen molar-refractivity contribution in [3.05, 3.63) is 0 Å². The maximum Gasteiger partial charge on any atom is 0.287 e. The van der Waals surface area contributed by atoms with Gasteiger partial charge in [0.15, 0.2) is 0 Å². The summed E-state index contributed by atoms with van der Waals surface area (Å²) >= 11 is 0. The molecule has 2 N–H and O–H groups in total. The number of nitrogens with two attached hydrogens (primary N) is 1. The Bertz CT molecular complexity index is 154. The Kier molecular flexibility index (Phi) is 4.65. The summed E-state index contributed by atoms with van der Waals surface area (Å²) in [4.78, 5) is 11.1. The minimum absolute atomic E-state index is 0.110. The Morgan fingerprint density at radius 1 is 1.50 bits per heavy atom. The van der Waals surface area contributed by atoms with E-state index in [-0.39, 0.29) is 6.54 Å². The van der Waals surface area contributed by atoms with E-state index < -0.39 is 25.2 Å². The number of likely N-dealkylation sites (N-methyl/N-ethyl adjacent to an activating group) is 1. The second-order valence-electron chi connectivity index (χ2n) is 2.09. The van der Waals surface area contributed by atoms with Crippen LogP contribution in [0.25, 0.3) is 0 Å². The monoisotopic (exact) mass is 184 g/mol. The standard InChI is InChI=1S/C6H11F3N2O/c1-2-11(4(12)3-10)6(9)5(7)8/h5-6H,2-3,10H2,1H3. The van der Waals surface area contributed by atoms with E-state index in [0.29, 0.717) is 4.90 Å². The zero-order valence-electron chi connectivity index (χ0n) is 6.64. The highest BCUT2D eigenvalue weighted by molar-refractivity contribution is 5.78. The molecular formula is C6H11F3N2O. The van der Waals surface area contributed by atoms with E-state index >= 15 is 0 Å². The maximum atomic E-state index is 12.5. The summed E-state index contributed by atoms with van der Waals surface area (Å²) in [5, 5.41) is 0. The third-order valence-corrected chi connectivity index (χ3v) is 1.34. The summed E-state index contributed by atoms with van der Waals surface area (Å²) < 4.78 is 36.0. The first-order valence-corrected chi connectivity index (χ1v) is 3.46. The average Bonchev–Trinajstić information content (AvgIpc) is 2.05. The Hall–Kier alpha value is -0.780. The third-order valence-electron chi connectivity index (χ3n) is 1.34. The van der Waals surface area contributed by atoms with Crippen LogP contribution in [0.3, 0.4) is 0 Å².